The number of aromatic nitrogens is 3. The summed E-state index contributed by atoms with van der Waals surface area (Å²) in [6, 6.07) is 23.6. The summed E-state index contributed by atoms with van der Waals surface area (Å²) in [4.78, 5) is 17.7. The van der Waals surface area contributed by atoms with E-state index in [1.165, 1.54) is 4.52 Å². The fraction of sp³-hybridized carbons (Fsp3) is 0. The molecule has 5 heteroatoms. The van der Waals surface area contributed by atoms with Crippen LogP contribution in [0.3, 0.4) is 0 Å². The van der Waals surface area contributed by atoms with Gasteiger partial charge in [-0.2, -0.15) is 11.3 Å². The fourth-order valence-electron chi connectivity index (χ4n) is 3.29. The minimum Gasteiger partial charge on any atom is -0.288 e. The maximum atomic E-state index is 12.8. The zero-order valence-corrected chi connectivity index (χ0v) is 15.1. The van der Waals surface area contributed by atoms with Crippen molar-refractivity contribution in [2.45, 2.75) is 0 Å². The zero-order valence-electron chi connectivity index (χ0n) is 14.3. The number of hydrogen-bond donors (Lipinski definition) is 1. The quantitative estimate of drug-likeness (QED) is 0.482. The molecule has 0 radical (unpaired) electrons. The zero-order chi connectivity index (χ0) is 18.2. The lowest BCUT2D eigenvalue weighted by Crippen LogP contribution is -2.14. The van der Waals surface area contributed by atoms with Crippen molar-refractivity contribution in [2.75, 3.05) is 0 Å². The van der Waals surface area contributed by atoms with Crippen LogP contribution in [0, 0.1) is 0 Å². The van der Waals surface area contributed by atoms with E-state index < -0.39 is 0 Å². The van der Waals surface area contributed by atoms with Crippen LogP contribution in [-0.2, 0) is 0 Å². The number of aromatic amines is 1. The van der Waals surface area contributed by atoms with Crippen LogP contribution in [0.5, 0.6) is 0 Å². The Morgan fingerprint density at radius 2 is 1.56 bits per heavy atom. The molecule has 0 amide bonds. The molecular weight excluding hydrogens is 354 g/mol. The molecule has 0 saturated carbocycles. The Labute approximate surface area is 159 Å². The number of rotatable bonds is 3. The summed E-state index contributed by atoms with van der Waals surface area (Å²) in [7, 11) is 0. The number of benzene rings is 2. The van der Waals surface area contributed by atoms with Gasteiger partial charge in [0.05, 0.1) is 17.0 Å². The molecule has 0 unspecified atom stereocenters. The van der Waals surface area contributed by atoms with Crippen molar-refractivity contribution in [2.24, 2.45) is 0 Å². The van der Waals surface area contributed by atoms with Gasteiger partial charge in [-0.3, -0.25) is 9.89 Å². The number of H-pyrrole nitrogens is 1. The summed E-state index contributed by atoms with van der Waals surface area (Å²) in [6.07, 6.45) is 0. The van der Waals surface area contributed by atoms with Crippen molar-refractivity contribution in [3.8, 4) is 33.6 Å². The highest BCUT2D eigenvalue weighted by molar-refractivity contribution is 7.08. The van der Waals surface area contributed by atoms with Crippen molar-refractivity contribution in [1.29, 1.82) is 0 Å². The van der Waals surface area contributed by atoms with E-state index >= 15 is 0 Å². The van der Waals surface area contributed by atoms with Crippen molar-refractivity contribution >= 4 is 17.0 Å². The summed E-state index contributed by atoms with van der Waals surface area (Å²) in [5.41, 5.74) is 6.00. The van der Waals surface area contributed by atoms with E-state index in [2.05, 4.69) is 5.10 Å². The Morgan fingerprint density at radius 1 is 0.852 bits per heavy atom. The van der Waals surface area contributed by atoms with E-state index in [4.69, 9.17) is 4.98 Å². The molecule has 5 aromatic rings. The third-order valence-electron chi connectivity index (χ3n) is 4.56. The van der Waals surface area contributed by atoms with Crippen LogP contribution >= 0.6 is 11.3 Å². The van der Waals surface area contributed by atoms with Gasteiger partial charge in [0.25, 0.3) is 5.56 Å². The molecule has 0 bridgehead atoms. The maximum absolute atomic E-state index is 12.8. The number of nitrogens with zero attached hydrogens (tertiary/aromatic N) is 2. The lowest BCUT2D eigenvalue weighted by molar-refractivity contribution is 0.905. The molecule has 0 saturated heterocycles. The highest BCUT2D eigenvalue weighted by Gasteiger charge is 2.18. The second-order valence-corrected chi connectivity index (χ2v) is 7.02. The van der Waals surface area contributed by atoms with Gasteiger partial charge in [0, 0.05) is 22.6 Å². The first-order valence-electron chi connectivity index (χ1n) is 8.60. The van der Waals surface area contributed by atoms with Crippen LogP contribution in [-0.4, -0.2) is 14.6 Å². The van der Waals surface area contributed by atoms with E-state index in [1.807, 2.05) is 77.5 Å². The number of thiophene rings is 1. The van der Waals surface area contributed by atoms with Crippen molar-refractivity contribution in [3.63, 3.8) is 0 Å². The molecule has 130 valence electrons. The van der Waals surface area contributed by atoms with Crippen LogP contribution < -0.4 is 5.56 Å². The Morgan fingerprint density at radius 3 is 2.22 bits per heavy atom. The summed E-state index contributed by atoms with van der Waals surface area (Å²) in [5.74, 6) is 0. The Balaban J connectivity index is 1.88. The molecule has 27 heavy (non-hydrogen) atoms. The molecule has 3 heterocycles. The minimum atomic E-state index is -0.124. The summed E-state index contributed by atoms with van der Waals surface area (Å²) < 4.78 is 1.53. The first-order valence-corrected chi connectivity index (χ1v) is 9.55. The molecule has 0 atom stereocenters. The molecule has 5 rings (SSSR count). The van der Waals surface area contributed by atoms with Crippen LogP contribution in [0.1, 0.15) is 0 Å². The molecule has 0 fully saturated rings. The summed E-state index contributed by atoms with van der Waals surface area (Å²) >= 11 is 1.59. The lowest BCUT2D eigenvalue weighted by Gasteiger charge is -2.04. The van der Waals surface area contributed by atoms with Gasteiger partial charge in [0.1, 0.15) is 0 Å². The molecule has 3 aromatic heterocycles. The van der Waals surface area contributed by atoms with Crippen LogP contribution in [0.2, 0.25) is 0 Å². The third-order valence-corrected chi connectivity index (χ3v) is 5.24. The molecule has 0 spiro atoms. The van der Waals surface area contributed by atoms with Crippen LogP contribution in [0.4, 0.5) is 0 Å². The first-order chi connectivity index (χ1) is 13.3. The molecule has 2 aromatic carbocycles. The van der Waals surface area contributed by atoms with E-state index in [0.717, 1.165) is 27.9 Å². The predicted molar refractivity (Wildman–Crippen MR) is 110 cm³/mol. The highest BCUT2D eigenvalue weighted by Crippen LogP contribution is 2.34. The molecule has 1 N–H and O–H groups in total. The monoisotopic (exact) mass is 369 g/mol. The summed E-state index contributed by atoms with van der Waals surface area (Å²) in [5, 5.41) is 7.26. The van der Waals surface area contributed by atoms with Gasteiger partial charge in [-0.1, -0.05) is 60.7 Å². The number of hydrogen-bond acceptors (Lipinski definition) is 3. The summed E-state index contributed by atoms with van der Waals surface area (Å²) in [6.45, 7) is 0. The van der Waals surface area contributed by atoms with Gasteiger partial charge in [-0.15, -0.1) is 0 Å². The van der Waals surface area contributed by atoms with E-state index in [9.17, 15) is 4.79 Å². The van der Waals surface area contributed by atoms with Crippen LogP contribution in [0.15, 0.2) is 88.4 Å². The van der Waals surface area contributed by atoms with Gasteiger partial charge in [0.2, 0.25) is 0 Å². The normalized spacial score (nSPS) is 11.1. The second-order valence-electron chi connectivity index (χ2n) is 6.24. The van der Waals surface area contributed by atoms with Crippen molar-refractivity contribution in [1.82, 2.24) is 14.6 Å². The first kappa shape index (κ1) is 15.8. The lowest BCUT2D eigenvalue weighted by atomic mass is 10.0. The molecule has 0 aliphatic rings. The minimum absolute atomic E-state index is 0.124. The van der Waals surface area contributed by atoms with Gasteiger partial charge >= 0.3 is 0 Å². The SMILES string of the molecule is O=c1cc(-c2ccsc2)nc2c(-c3ccccc3)c(-c3ccccc3)[nH]n12. The third kappa shape index (κ3) is 2.69. The Bertz CT molecular complexity index is 1270. The highest BCUT2D eigenvalue weighted by atomic mass is 32.1. The molecule has 0 aliphatic heterocycles. The topological polar surface area (TPSA) is 50.2 Å². The van der Waals surface area contributed by atoms with Crippen molar-refractivity contribution < 1.29 is 0 Å². The molecular formula is C22H15N3OS. The van der Waals surface area contributed by atoms with Gasteiger partial charge in [0.15, 0.2) is 5.65 Å². The Kier molecular flexibility index (Phi) is 3.73. The number of nitrogens with one attached hydrogen (secondary N) is 1. The maximum Gasteiger partial charge on any atom is 0.273 e. The van der Waals surface area contributed by atoms with Gasteiger partial charge in [-0.05, 0) is 17.0 Å². The molecule has 0 aliphatic carbocycles. The van der Waals surface area contributed by atoms with Crippen molar-refractivity contribution in [3.05, 3.63) is 93.9 Å². The average Bonchev–Trinajstić information content (AvgIpc) is 3.37. The molecule has 4 nitrogen and oxygen atoms in total. The Hall–Kier alpha value is -3.44. The number of fused-ring (bicyclic) bond motifs is 1. The average molecular weight is 369 g/mol. The van der Waals surface area contributed by atoms with Gasteiger partial charge < -0.3 is 0 Å². The standard InChI is InChI=1S/C22H15N3OS/c26-19-13-18(17-11-12-27-14-17)23-22-20(15-7-3-1-4-8-15)21(24-25(19)22)16-9-5-2-6-10-16/h1-14,24H. The van der Waals surface area contributed by atoms with E-state index in [-0.39, 0.29) is 5.56 Å². The van der Waals surface area contributed by atoms with E-state index in [1.54, 1.807) is 17.4 Å². The fourth-order valence-corrected chi connectivity index (χ4v) is 3.94. The van der Waals surface area contributed by atoms with Gasteiger partial charge in [-0.25, -0.2) is 9.50 Å². The van der Waals surface area contributed by atoms with Crippen LogP contribution in [0.25, 0.3) is 39.3 Å². The second kappa shape index (κ2) is 6.37. The van der Waals surface area contributed by atoms with E-state index in [0.29, 0.717) is 11.3 Å². The smallest absolute Gasteiger partial charge is 0.273 e. The largest absolute Gasteiger partial charge is 0.288 e. The predicted octanol–water partition coefficient (Wildman–Crippen LogP) is 5.09.